The minimum Gasteiger partial charge on any atom is -0.465 e. The number of thiocarbonyl (C=S) groups is 1. The third-order valence-corrected chi connectivity index (χ3v) is 7.82. The van der Waals surface area contributed by atoms with E-state index in [0.717, 1.165) is 11.8 Å². The van der Waals surface area contributed by atoms with Crippen LogP contribution >= 0.6 is 24.0 Å². The summed E-state index contributed by atoms with van der Waals surface area (Å²) in [6.45, 7) is 1.61. The molecular weight excluding hydrogens is 420 g/mol. The number of nitrogens with zero attached hydrogens (tertiary/aromatic N) is 2. The lowest BCUT2D eigenvalue weighted by Crippen LogP contribution is -2.50. The highest BCUT2D eigenvalue weighted by atomic mass is 32.2. The summed E-state index contributed by atoms with van der Waals surface area (Å²) in [6, 6.07) is 2.37. The molecule has 7 nitrogen and oxygen atoms in total. The van der Waals surface area contributed by atoms with Crippen LogP contribution in [0.4, 0.5) is 0 Å². The molecule has 0 aromatic carbocycles. The monoisotopic (exact) mass is 440 g/mol. The number of rotatable bonds is 5. The van der Waals surface area contributed by atoms with Gasteiger partial charge in [-0.25, -0.2) is 8.42 Å². The first-order chi connectivity index (χ1) is 13.2. The number of carbonyl (C=O) groups excluding carboxylic acids is 2. The molecule has 2 fully saturated rings. The van der Waals surface area contributed by atoms with Gasteiger partial charge in [0.1, 0.15) is 16.1 Å². The summed E-state index contributed by atoms with van der Waals surface area (Å²) in [5.41, 5.74) is 0. The fourth-order valence-electron chi connectivity index (χ4n) is 3.11. The van der Waals surface area contributed by atoms with Gasteiger partial charge in [0, 0.05) is 13.1 Å². The van der Waals surface area contributed by atoms with Crippen LogP contribution in [0.15, 0.2) is 39.9 Å². The van der Waals surface area contributed by atoms with E-state index in [-0.39, 0.29) is 29.4 Å². The Bertz CT molecular complexity index is 950. The molecule has 28 heavy (non-hydrogen) atoms. The van der Waals surface area contributed by atoms with Crippen molar-refractivity contribution in [1.29, 1.82) is 0 Å². The molecular formula is C18H20N2O5S3. The molecule has 0 aliphatic carbocycles. The third kappa shape index (κ3) is 4.39. The molecule has 2 amide bonds. The van der Waals surface area contributed by atoms with Crippen LogP contribution in [-0.2, 0) is 19.4 Å². The number of likely N-dealkylation sites (N-methyl/N-ethyl adjacent to an activating group) is 1. The largest absolute Gasteiger partial charge is 0.465 e. The first-order valence-corrected chi connectivity index (χ1v) is 11.7. The quantitative estimate of drug-likeness (QED) is 0.512. The van der Waals surface area contributed by atoms with Crippen molar-refractivity contribution in [2.24, 2.45) is 0 Å². The van der Waals surface area contributed by atoms with E-state index in [1.165, 1.54) is 9.80 Å². The molecule has 0 saturated carbocycles. The van der Waals surface area contributed by atoms with Gasteiger partial charge in [0.05, 0.1) is 22.7 Å². The summed E-state index contributed by atoms with van der Waals surface area (Å²) in [7, 11) is -1.53. The number of allylic oxidation sites excluding steroid dienone is 2. The van der Waals surface area contributed by atoms with Crippen LogP contribution in [0.3, 0.4) is 0 Å². The van der Waals surface area contributed by atoms with Gasteiger partial charge in [0.15, 0.2) is 9.84 Å². The SMILES string of the molecule is CC(C(=O)N(C)C1CCS(=O)(=O)C1)N1C(=O)C(=CC=Cc2ccco2)SC1=S. The Hall–Kier alpha value is -1.91. The number of furan rings is 1. The van der Waals surface area contributed by atoms with Gasteiger partial charge in [-0.3, -0.25) is 14.5 Å². The fourth-order valence-corrected chi connectivity index (χ4v) is 6.25. The Balaban J connectivity index is 1.69. The Morgan fingerprint density at radius 3 is 2.86 bits per heavy atom. The second kappa shape index (κ2) is 8.22. The molecule has 2 atom stereocenters. The van der Waals surface area contributed by atoms with Crippen molar-refractivity contribution in [3.05, 3.63) is 41.2 Å². The average molecular weight is 441 g/mol. The van der Waals surface area contributed by atoms with E-state index < -0.39 is 15.9 Å². The van der Waals surface area contributed by atoms with Gasteiger partial charge in [0.25, 0.3) is 5.91 Å². The van der Waals surface area contributed by atoms with E-state index in [9.17, 15) is 18.0 Å². The average Bonchev–Trinajstić information content (AvgIpc) is 3.34. The standard InChI is InChI=1S/C18H20N2O5S3/c1-12(16(21)19(2)13-8-10-28(23,24)11-13)20-17(22)15(27-18(20)26)7-3-5-14-6-4-9-25-14/h3-7,9,12-13H,8,10-11H2,1-2H3. The summed E-state index contributed by atoms with van der Waals surface area (Å²) in [5, 5.41) is 0. The first kappa shape index (κ1) is 20.8. The third-order valence-electron chi connectivity index (χ3n) is 4.72. The summed E-state index contributed by atoms with van der Waals surface area (Å²) in [5.74, 6) is 0.0226. The molecule has 1 aromatic heterocycles. The second-order valence-electron chi connectivity index (χ2n) is 6.63. The van der Waals surface area contributed by atoms with Gasteiger partial charge in [-0.2, -0.15) is 0 Å². The second-order valence-corrected chi connectivity index (χ2v) is 10.5. The summed E-state index contributed by atoms with van der Waals surface area (Å²) < 4.78 is 28.9. The number of carbonyl (C=O) groups is 2. The molecule has 2 unspecified atom stereocenters. The van der Waals surface area contributed by atoms with Crippen LogP contribution < -0.4 is 0 Å². The lowest BCUT2D eigenvalue weighted by Gasteiger charge is -2.30. The topological polar surface area (TPSA) is 87.9 Å². The number of hydrogen-bond acceptors (Lipinski definition) is 7. The lowest BCUT2D eigenvalue weighted by molar-refractivity contribution is -0.139. The lowest BCUT2D eigenvalue weighted by atomic mass is 10.2. The maximum atomic E-state index is 12.8. The zero-order chi connectivity index (χ0) is 20.5. The molecule has 0 spiro atoms. The van der Waals surface area contributed by atoms with Crippen LogP contribution in [0.2, 0.25) is 0 Å². The Morgan fingerprint density at radius 2 is 2.25 bits per heavy atom. The smallest absolute Gasteiger partial charge is 0.266 e. The van der Waals surface area contributed by atoms with Crippen molar-refractivity contribution < 1.29 is 22.4 Å². The van der Waals surface area contributed by atoms with E-state index in [0.29, 0.717) is 21.4 Å². The van der Waals surface area contributed by atoms with E-state index >= 15 is 0 Å². The molecule has 0 bridgehead atoms. The minimum atomic E-state index is -3.11. The summed E-state index contributed by atoms with van der Waals surface area (Å²) in [4.78, 5) is 28.7. The fraction of sp³-hybridized carbons (Fsp3) is 0.389. The Labute approximate surface area is 173 Å². The van der Waals surface area contributed by atoms with Gasteiger partial charge in [-0.1, -0.05) is 30.1 Å². The highest BCUT2D eigenvalue weighted by Gasteiger charge is 2.41. The highest BCUT2D eigenvalue weighted by molar-refractivity contribution is 8.26. The maximum absolute atomic E-state index is 12.8. The molecule has 10 heteroatoms. The summed E-state index contributed by atoms with van der Waals surface area (Å²) >= 11 is 6.42. The van der Waals surface area contributed by atoms with Crippen molar-refractivity contribution in [1.82, 2.24) is 9.80 Å². The molecule has 2 aliphatic rings. The Morgan fingerprint density at radius 1 is 1.50 bits per heavy atom. The molecule has 0 N–H and O–H groups in total. The molecule has 2 aliphatic heterocycles. The molecule has 3 rings (SSSR count). The van der Waals surface area contributed by atoms with Gasteiger partial charge in [-0.05, 0) is 37.6 Å². The van der Waals surface area contributed by atoms with Crippen molar-refractivity contribution in [2.45, 2.75) is 25.4 Å². The zero-order valence-electron chi connectivity index (χ0n) is 15.4. The van der Waals surface area contributed by atoms with Crippen LogP contribution in [-0.4, -0.2) is 65.0 Å². The van der Waals surface area contributed by atoms with Crippen LogP contribution in [0, 0.1) is 0 Å². The molecule has 1 aromatic rings. The van der Waals surface area contributed by atoms with Gasteiger partial charge in [0.2, 0.25) is 5.91 Å². The molecule has 2 saturated heterocycles. The number of amides is 2. The van der Waals surface area contributed by atoms with Crippen molar-refractivity contribution in [2.75, 3.05) is 18.6 Å². The number of sulfone groups is 1. The van der Waals surface area contributed by atoms with Gasteiger partial charge in [-0.15, -0.1) is 0 Å². The molecule has 150 valence electrons. The summed E-state index contributed by atoms with van der Waals surface area (Å²) in [6.07, 6.45) is 7.00. The van der Waals surface area contributed by atoms with Crippen LogP contribution in [0.5, 0.6) is 0 Å². The first-order valence-electron chi connectivity index (χ1n) is 8.64. The normalized spacial score (nSPS) is 24.4. The van der Waals surface area contributed by atoms with Crippen LogP contribution in [0.25, 0.3) is 6.08 Å². The zero-order valence-corrected chi connectivity index (χ0v) is 17.9. The van der Waals surface area contributed by atoms with E-state index in [4.69, 9.17) is 16.6 Å². The predicted octanol–water partition coefficient (Wildman–Crippen LogP) is 2.07. The number of thioether (sulfide) groups is 1. The predicted molar refractivity (Wildman–Crippen MR) is 112 cm³/mol. The van der Waals surface area contributed by atoms with Crippen molar-refractivity contribution >= 4 is 56.0 Å². The van der Waals surface area contributed by atoms with E-state index in [2.05, 4.69) is 0 Å². The Kier molecular flexibility index (Phi) is 6.11. The van der Waals surface area contributed by atoms with Gasteiger partial charge >= 0.3 is 0 Å². The molecule has 0 radical (unpaired) electrons. The van der Waals surface area contributed by atoms with Crippen molar-refractivity contribution in [3.63, 3.8) is 0 Å². The maximum Gasteiger partial charge on any atom is 0.266 e. The minimum absolute atomic E-state index is 0.0438. The highest BCUT2D eigenvalue weighted by Crippen LogP contribution is 2.33. The van der Waals surface area contributed by atoms with Crippen molar-refractivity contribution in [3.8, 4) is 0 Å². The number of hydrogen-bond donors (Lipinski definition) is 0. The molecule has 3 heterocycles. The van der Waals surface area contributed by atoms with E-state index in [1.807, 2.05) is 0 Å². The van der Waals surface area contributed by atoms with Crippen LogP contribution in [0.1, 0.15) is 19.1 Å². The van der Waals surface area contributed by atoms with E-state index in [1.54, 1.807) is 50.6 Å². The van der Waals surface area contributed by atoms with Gasteiger partial charge < -0.3 is 9.32 Å².